The first kappa shape index (κ1) is 15.9. The zero-order valence-corrected chi connectivity index (χ0v) is 11.5. The van der Waals surface area contributed by atoms with Gasteiger partial charge in [0, 0.05) is 12.6 Å². The lowest BCUT2D eigenvalue weighted by molar-refractivity contribution is -0.137. The molecular weight excluding hydrogens is 299 g/mol. The maximum atomic E-state index is 12.4. The summed E-state index contributed by atoms with van der Waals surface area (Å²) in [5, 5.41) is 8.82. The molecule has 0 atom stereocenters. The number of benzene rings is 1. The van der Waals surface area contributed by atoms with Gasteiger partial charge in [0.2, 0.25) is 0 Å². The van der Waals surface area contributed by atoms with Gasteiger partial charge in [-0.1, -0.05) is 17.3 Å². The van der Waals surface area contributed by atoms with E-state index in [1.54, 1.807) is 6.07 Å². The number of carbonyl (C=O) groups excluding carboxylic acids is 1. The standard InChI is InChI=1S/C14H14F3N3O2/c15-14(16,17)11-3-1-10(2-4-11)5-7-18-13(21)19-9-12-6-8-22-20-12/h1-4,6,8H,5,7,9H2,(H2,18,19,21). The summed E-state index contributed by atoms with van der Waals surface area (Å²) in [5.74, 6) is 0. The average Bonchev–Trinajstić information content (AvgIpc) is 2.98. The molecule has 1 heterocycles. The van der Waals surface area contributed by atoms with Gasteiger partial charge in [-0.05, 0) is 24.1 Å². The molecule has 2 aromatic rings. The molecule has 0 saturated carbocycles. The lowest BCUT2D eigenvalue weighted by Crippen LogP contribution is -2.36. The van der Waals surface area contributed by atoms with Crippen molar-refractivity contribution >= 4 is 6.03 Å². The van der Waals surface area contributed by atoms with Crippen molar-refractivity contribution in [2.75, 3.05) is 6.54 Å². The van der Waals surface area contributed by atoms with Gasteiger partial charge in [0.1, 0.15) is 12.0 Å². The number of alkyl halides is 3. The first-order valence-electron chi connectivity index (χ1n) is 6.52. The second-order valence-corrected chi connectivity index (χ2v) is 4.54. The van der Waals surface area contributed by atoms with E-state index in [4.69, 9.17) is 0 Å². The van der Waals surface area contributed by atoms with Crippen molar-refractivity contribution in [2.24, 2.45) is 0 Å². The number of urea groups is 1. The van der Waals surface area contributed by atoms with Crippen LogP contribution in [0, 0.1) is 0 Å². The van der Waals surface area contributed by atoms with Crippen LogP contribution in [0.1, 0.15) is 16.8 Å². The smallest absolute Gasteiger partial charge is 0.364 e. The van der Waals surface area contributed by atoms with Gasteiger partial charge in [0.15, 0.2) is 0 Å². The summed E-state index contributed by atoms with van der Waals surface area (Å²) in [6, 6.07) is 6.10. The summed E-state index contributed by atoms with van der Waals surface area (Å²) in [6.07, 6.45) is -2.49. The Balaban J connectivity index is 1.70. The normalized spacial score (nSPS) is 11.2. The van der Waals surface area contributed by atoms with Gasteiger partial charge in [-0.15, -0.1) is 0 Å². The second kappa shape index (κ2) is 6.97. The summed E-state index contributed by atoms with van der Waals surface area (Å²) < 4.78 is 41.8. The van der Waals surface area contributed by atoms with Gasteiger partial charge in [-0.25, -0.2) is 4.79 Å². The topological polar surface area (TPSA) is 67.2 Å². The van der Waals surface area contributed by atoms with E-state index in [0.717, 1.165) is 12.1 Å². The van der Waals surface area contributed by atoms with E-state index >= 15 is 0 Å². The molecule has 8 heteroatoms. The molecule has 0 unspecified atom stereocenters. The van der Waals surface area contributed by atoms with Crippen LogP contribution in [0.4, 0.5) is 18.0 Å². The minimum atomic E-state index is -4.34. The Kier molecular flexibility index (Phi) is 5.03. The molecule has 0 aliphatic heterocycles. The lowest BCUT2D eigenvalue weighted by Gasteiger charge is -2.08. The van der Waals surface area contributed by atoms with Crippen molar-refractivity contribution in [3.8, 4) is 0 Å². The fraction of sp³-hybridized carbons (Fsp3) is 0.286. The molecular formula is C14H14F3N3O2. The maximum absolute atomic E-state index is 12.4. The van der Waals surface area contributed by atoms with Gasteiger partial charge in [-0.2, -0.15) is 13.2 Å². The van der Waals surface area contributed by atoms with Crippen LogP contribution in [-0.2, 0) is 19.1 Å². The predicted molar refractivity (Wildman–Crippen MR) is 71.9 cm³/mol. The van der Waals surface area contributed by atoms with E-state index in [-0.39, 0.29) is 12.6 Å². The molecule has 1 aromatic carbocycles. The Bertz CT molecular complexity index is 595. The number of nitrogens with zero attached hydrogens (tertiary/aromatic N) is 1. The summed E-state index contributed by atoms with van der Waals surface area (Å²) >= 11 is 0. The number of rotatable bonds is 5. The highest BCUT2D eigenvalue weighted by Crippen LogP contribution is 2.29. The zero-order chi connectivity index (χ0) is 16.0. The van der Waals surface area contributed by atoms with Crippen molar-refractivity contribution in [2.45, 2.75) is 19.1 Å². The summed E-state index contributed by atoms with van der Waals surface area (Å²) in [6.45, 7) is 0.554. The Labute approximate surface area is 124 Å². The van der Waals surface area contributed by atoms with E-state index < -0.39 is 11.7 Å². The summed E-state index contributed by atoms with van der Waals surface area (Å²) in [7, 11) is 0. The third kappa shape index (κ3) is 4.80. The van der Waals surface area contributed by atoms with Crippen LogP contribution >= 0.6 is 0 Å². The number of aromatic nitrogens is 1. The molecule has 2 amide bonds. The van der Waals surface area contributed by atoms with E-state index in [0.29, 0.717) is 24.2 Å². The minimum Gasteiger partial charge on any atom is -0.364 e. The number of carbonyl (C=O) groups is 1. The third-order valence-electron chi connectivity index (χ3n) is 2.90. The average molecular weight is 313 g/mol. The van der Waals surface area contributed by atoms with E-state index in [9.17, 15) is 18.0 Å². The van der Waals surface area contributed by atoms with Crippen molar-refractivity contribution in [3.05, 3.63) is 53.4 Å². The molecule has 0 aliphatic rings. The molecule has 0 aliphatic carbocycles. The SMILES string of the molecule is O=C(NCCc1ccc(C(F)(F)F)cc1)NCc1ccon1. The molecule has 5 nitrogen and oxygen atoms in total. The van der Waals surface area contributed by atoms with Crippen LogP contribution < -0.4 is 10.6 Å². The molecule has 0 spiro atoms. The lowest BCUT2D eigenvalue weighted by atomic mass is 10.1. The molecule has 0 radical (unpaired) electrons. The van der Waals surface area contributed by atoms with Crippen molar-refractivity contribution < 1.29 is 22.5 Å². The van der Waals surface area contributed by atoms with Gasteiger partial charge < -0.3 is 15.2 Å². The minimum absolute atomic E-state index is 0.239. The van der Waals surface area contributed by atoms with Crippen LogP contribution in [0.3, 0.4) is 0 Å². The number of amides is 2. The van der Waals surface area contributed by atoms with Crippen LogP contribution in [0.5, 0.6) is 0 Å². The maximum Gasteiger partial charge on any atom is 0.416 e. The number of hydrogen-bond donors (Lipinski definition) is 2. The first-order valence-corrected chi connectivity index (χ1v) is 6.52. The number of nitrogens with one attached hydrogen (secondary N) is 2. The monoisotopic (exact) mass is 313 g/mol. The second-order valence-electron chi connectivity index (χ2n) is 4.54. The highest BCUT2D eigenvalue weighted by Gasteiger charge is 2.29. The fourth-order valence-corrected chi connectivity index (χ4v) is 1.74. The largest absolute Gasteiger partial charge is 0.416 e. The molecule has 1 aromatic heterocycles. The summed E-state index contributed by atoms with van der Waals surface area (Å²) in [5.41, 5.74) is 0.622. The molecule has 0 fully saturated rings. The molecule has 2 rings (SSSR count). The highest BCUT2D eigenvalue weighted by molar-refractivity contribution is 5.73. The molecule has 0 saturated heterocycles. The fourth-order valence-electron chi connectivity index (χ4n) is 1.74. The van der Waals surface area contributed by atoms with E-state index in [1.165, 1.54) is 18.4 Å². The van der Waals surface area contributed by atoms with Crippen molar-refractivity contribution in [1.82, 2.24) is 15.8 Å². The van der Waals surface area contributed by atoms with E-state index in [2.05, 4.69) is 20.3 Å². The van der Waals surface area contributed by atoms with Gasteiger partial charge in [-0.3, -0.25) is 0 Å². The van der Waals surface area contributed by atoms with Crippen molar-refractivity contribution in [1.29, 1.82) is 0 Å². The van der Waals surface area contributed by atoms with Crippen LogP contribution in [-0.4, -0.2) is 17.7 Å². The Morgan fingerprint density at radius 1 is 1.14 bits per heavy atom. The van der Waals surface area contributed by atoms with Crippen LogP contribution in [0.25, 0.3) is 0 Å². The zero-order valence-electron chi connectivity index (χ0n) is 11.5. The van der Waals surface area contributed by atoms with Crippen LogP contribution in [0.15, 0.2) is 41.1 Å². The summed E-state index contributed by atoms with van der Waals surface area (Å²) in [4.78, 5) is 11.5. The quantitative estimate of drug-likeness (QED) is 0.892. The van der Waals surface area contributed by atoms with Gasteiger partial charge in [0.25, 0.3) is 0 Å². The molecule has 22 heavy (non-hydrogen) atoms. The third-order valence-corrected chi connectivity index (χ3v) is 2.90. The first-order chi connectivity index (χ1) is 10.4. The Hall–Kier alpha value is -2.51. The molecule has 118 valence electrons. The number of hydrogen-bond acceptors (Lipinski definition) is 3. The Morgan fingerprint density at radius 3 is 2.45 bits per heavy atom. The predicted octanol–water partition coefficient (Wildman–Crippen LogP) is 2.74. The van der Waals surface area contributed by atoms with Gasteiger partial charge >= 0.3 is 12.2 Å². The van der Waals surface area contributed by atoms with Crippen molar-refractivity contribution in [3.63, 3.8) is 0 Å². The number of halogens is 3. The van der Waals surface area contributed by atoms with Gasteiger partial charge in [0.05, 0.1) is 12.1 Å². The van der Waals surface area contributed by atoms with Crippen LogP contribution in [0.2, 0.25) is 0 Å². The molecule has 0 bridgehead atoms. The highest BCUT2D eigenvalue weighted by atomic mass is 19.4. The Morgan fingerprint density at radius 2 is 1.86 bits per heavy atom. The molecule has 2 N–H and O–H groups in total. The van der Waals surface area contributed by atoms with E-state index in [1.807, 2.05) is 0 Å².